The van der Waals surface area contributed by atoms with Crippen molar-refractivity contribution >= 4 is 11.6 Å². The molecule has 0 atom stereocenters. The molecule has 162 valence electrons. The number of anilines is 1. The lowest BCUT2D eigenvalue weighted by atomic mass is 10.1. The first-order valence-corrected chi connectivity index (χ1v) is 9.38. The Morgan fingerprint density at radius 1 is 1.10 bits per heavy atom. The smallest absolute Gasteiger partial charge is 0.387 e. The van der Waals surface area contributed by atoms with Gasteiger partial charge in [0.15, 0.2) is 5.82 Å². The molecule has 1 heterocycles. The van der Waals surface area contributed by atoms with Crippen LogP contribution in [0, 0.1) is 6.92 Å². The van der Waals surface area contributed by atoms with Crippen LogP contribution in [-0.2, 0) is 5.92 Å². The van der Waals surface area contributed by atoms with Gasteiger partial charge in [-0.1, -0.05) is 19.1 Å². The molecule has 0 bridgehead atoms. The van der Waals surface area contributed by atoms with Crippen molar-refractivity contribution in [3.63, 3.8) is 0 Å². The van der Waals surface area contributed by atoms with E-state index in [1.165, 1.54) is 61.5 Å². The molecule has 0 saturated heterocycles. The molecule has 31 heavy (non-hydrogen) atoms. The van der Waals surface area contributed by atoms with Gasteiger partial charge in [0.2, 0.25) is 0 Å². The fourth-order valence-electron chi connectivity index (χ4n) is 2.82. The van der Waals surface area contributed by atoms with Gasteiger partial charge in [0.25, 0.3) is 11.8 Å². The summed E-state index contributed by atoms with van der Waals surface area (Å²) in [6.07, 6.45) is -0.361. The molecule has 0 radical (unpaired) electrons. The molecule has 5 nitrogen and oxygen atoms in total. The second-order valence-corrected chi connectivity index (χ2v) is 6.71. The van der Waals surface area contributed by atoms with Gasteiger partial charge in [-0.05, 0) is 49.4 Å². The van der Waals surface area contributed by atoms with Crippen LogP contribution in [-0.4, -0.2) is 22.5 Å². The van der Waals surface area contributed by atoms with Crippen LogP contribution in [0.5, 0.6) is 5.75 Å². The Hall–Kier alpha value is -3.49. The molecule has 0 saturated carbocycles. The molecular weight excluding hydrogens is 414 g/mol. The molecule has 1 N–H and O–H groups in total. The Morgan fingerprint density at radius 2 is 1.81 bits per heavy atom. The van der Waals surface area contributed by atoms with Crippen LogP contribution in [0.3, 0.4) is 0 Å². The van der Waals surface area contributed by atoms with E-state index in [0.717, 1.165) is 0 Å². The number of carbonyl (C=O) groups excluding carboxylic acids is 1. The number of nitrogens with one attached hydrogen (secondary N) is 1. The minimum absolute atomic E-state index is 0.0202. The maximum Gasteiger partial charge on any atom is 0.387 e. The third kappa shape index (κ3) is 5.56. The molecule has 3 aromatic rings. The van der Waals surface area contributed by atoms with Crippen molar-refractivity contribution in [2.24, 2.45) is 0 Å². The minimum Gasteiger partial charge on any atom is -0.435 e. The van der Waals surface area contributed by atoms with E-state index in [0.29, 0.717) is 11.3 Å². The zero-order chi connectivity index (χ0) is 22.6. The number of benzene rings is 2. The number of carbonyl (C=O) groups is 1. The number of hydrogen-bond acceptors (Lipinski definition) is 4. The van der Waals surface area contributed by atoms with Crippen molar-refractivity contribution in [2.75, 3.05) is 5.32 Å². The van der Waals surface area contributed by atoms with Gasteiger partial charge in [-0.15, -0.1) is 0 Å². The Morgan fingerprint density at radius 3 is 2.45 bits per heavy atom. The first kappa shape index (κ1) is 22.2. The summed E-state index contributed by atoms with van der Waals surface area (Å²) in [4.78, 5) is 21.1. The monoisotopic (exact) mass is 433 g/mol. The molecule has 3 rings (SSSR count). The van der Waals surface area contributed by atoms with E-state index < -0.39 is 18.4 Å². The average Bonchev–Trinajstić information content (AvgIpc) is 2.73. The molecule has 0 fully saturated rings. The predicted molar refractivity (Wildman–Crippen MR) is 107 cm³/mol. The van der Waals surface area contributed by atoms with Crippen molar-refractivity contribution in [1.29, 1.82) is 0 Å². The van der Waals surface area contributed by atoms with Gasteiger partial charge in [-0.3, -0.25) is 4.79 Å². The highest BCUT2D eigenvalue weighted by atomic mass is 19.3. The summed E-state index contributed by atoms with van der Waals surface area (Å²) in [5.41, 5.74) is 1.03. The van der Waals surface area contributed by atoms with Gasteiger partial charge in [0, 0.05) is 28.9 Å². The van der Waals surface area contributed by atoms with Gasteiger partial charge in [-0.25, -0.2) is 18.7 Å². The minimum atomic E-state index is -3.00. The van der Waals surface area contributed by atoms with Crippen molar-refractivity contribution in [3.8, 4) is 17.1 Å². The molecule has 0 aliphatic heterocycles. The fraction of sp³-hybridized carbons (Fsp3) is 0.227. The Labute approximate surface area is 176 Å². The number of alkyl halides is 4. The summed E-state index contributed by atoms with van der Waals surface area (Å²) in [5.74, 6) is -3.41. The normalized spacial score (nSPS) is 11.5. The second kappa shape index (κ2) is 9.11. The van der Waals surface area contributed by atoms with E-state index >= 15 is 0 Å². The Bertz CT molecular complexity index is 1070. The number of halogens is 4. The number of hydrogen-bond donors (Lipinski definition) is 1. The number of rotatable bonds is 7. The third-order valence-electron chi connectivity index (χ3n) is 4.41. The van der Waals surface area contributed by atoms with E-state index in [2.05, 4.69) is 20.0 Å². The number of ether oxygens (including phenoxy) is 1. The van der Waals surface area contributed by atoms with Crippen LogP contribution in [0.4, 0.5) is 23.2 Å². The highest BCUT2D eigenvalue weighted by molar-refractivity contribution is 6.03. The van der Waals surface area contributed by atoms with Gasteiger partial charge < -0.3 is 10.1 Å². The van der Waals surface area contributed by atoms with Crippen LogP contribution >= 0.6 is 0 Å². The van der Waals surface area contributed by atoms with Crippen molar-refractivity contribution in [3.05, 3.63) is 71.5 Å². The van der Waals surface area contributed by atoms with Gasteiger partial charge in [0.1, 0.15) is 11.4 Å². The number of aromatic nitrogens is 2. The summed E-state index contributed by atoms with van der Waals surface area (Å²) in [7, 11) is 0. The molecule has 9 heteroatoms. The zero-order valence-corrected chi connectivity index (χ0v) is 16.7. The van der Waals surface area contributed by atoms with Crippen molar-refractivity contribution in [2.45, 2.75) is 32.8 Å². The lowest BCUT2D eigenvalue weighted by Gasteiger charge is -2.15. The molecule has 0 unspecified atom stereocenters. The third-order valence-corrected chi connectivity index (χ3v) is 4.41. The summed E-state index contributed by atoms with van der Waals surface area (Å²) >= 11 is 0. The SMILES string of the molecule is CCC(F)(F)c1cccc(NC(=O)c2cc(C)nc(-c3ccc(OC(F)F)cc3)n2)c1. The second-order valence-electron chi connectivity index (χ2n) is 6.71. The molecule has 0 aliphatic carbocycles. The maximum absolute atomic E-state index is 13.9. The molecule has 2 aromatic carbocycles. The molecule has 1 amide bonds. The predicted octanol–water partition coefficient (Wildman–Crippen LogP) is 5.81. The summed E-state index contributed by atoms with van der Waals surface area (Å²) in [5, 5.41) is 2.57. The highest BCUT2D eigenvalue weighted by Crippen LogP contribution is 2.32. The van der Waals surface area contributed by atoms with E-state index in [4.69, 9.17) is 0 Å². The fourth-order valence-corrected chi connectivity index (χ4v) is 2.82. The van der Waals surface area contributed by atoms with E-state index in [1.54, 1.807) is 6.92 Å². The molecule has 1 aromatic heterocycles. The standard InChI is InChI=1S/C22H19F4N3O2/c1-3-22(25,26)15-5-4-6-16(12-15)28-20(30)18-11-13(2)27-19(29-18)14-7-9-17(10-8-14)31-21(23)24/h4-12,21H,3H2,1-2H3,(H,28,30). The van der Waals surface area contributed by atoms with E-state index in [-0.39, 0.29) is 34.9 Å². The lowest BCUT2D eigenvalue weighted by Crippen LogP contribution is -2.16. The quantitative estimate of drug-likeness (QED) is 0.478. The number of nitrogens with zero attached hydrogens (tertiary/aromatic N) is 2. The average molecular weight is 433 g/mol. The van der Waals surface area contributed by atoms with Crippen LogP contribution in [0.2, 0.25) is 0 Å². The Kier molecular flexibility index (Phi) is 6.53. The molecule has 0 spiro atoms. The maximum atomic E-state index is 13.9. The summed E-state index contributed by atoms with van der Waals surface area (Å²) < 4.78 is 56.8. The van der Waals surface area contributed by atoms with Crippen LogP contribution in [0.25, 0.3) is 11.4 Å². The highest BCUT2D eigenvalue weighted by Gasteiger charge is 2.29. The number of amides is 1. The van der Waals surface area contributed by atoms with Crippen molar-refractivity contribution in [1.82, 2.24) is 9.97 Å². The first-order chi connectivity index (χ1) is 14.7. The topological polar surface area (TPSA) is 64.1 Å². The lowest BCUT2D eigenvalue weighted by molar-refractivity contribution is -0.0498. The van der Waals surface area contributed by atoms with Crippen LogP contribution in [0.15, 0.2) is 54.6 Å². The van der Waals surface area contributed by atoms with Crippen LogP contribution in [0.1, 0.15) is 35.1 Å². The molecular formula is C22H19F4N3O2. The van der Waals surface area contributed by atoms with E-state index in [9.17, 15) is 22.4 Å². The summed E-state index contributed by atoms with van der Waals surface area (Å²) in [6.45, 7) is 0.105. The Balaban J connectivity index is 1.83. The van der Waals surface area contributed by atoms with Crippen LogP contribution < -0.4 is 10.1 Å². The number of aryl methyl sites for hydroxylation is 1. The van der Waals surface area contributed by atoms with E-state index in [1.807, 2.05) is 0 Å². The van der Waals surface area contributed by atoms with Gasteiger partial charge in [0.05, 0.1) is 0 Å². The largest absolute Gasteiger partial charge is 0.435 e. The van der Waals surface area contributed by atoms with Gasteiger partial charge >= 0.3 is 6.61 Å². The zero-order valence-electron chi connectivity index (χ0n) is 16.7. The first-order valence-electron chi connectivity index (χ1n) is 9.38. The van der Waals surface area contributed by atoms with Gasteiger partial charge in [-0.2, -0.15) is 8.78 Å². The van der Waals surface area contributed by atoms with Crippen molar-refractivity contribution < 1.29 is 27.1 Å². The summed E-state index contributed by atoms with van der Waals surface area (Å²) in [6, 6.07) is 12.6. The molecule has 0 aliphatic rings.